The Labute approximate surface area is 218 Å². The summed E-state index contributed by atoms with van der Waals surface area (Å²) >= 11 is 1.49. The van der Waals surface area contributed by atoms with E-state index in [1.54, 1.807) is 30.3 Å². The highest BCUT2D eigenvalue weighted by Crippen LogP contribution is 2.41. The minimum absolute atomic E-state index is 0.0181. The maximum absolute atomic E-state index is 13.2. The van der Waals surface area contributed by atoms with E-state index in [1.807, 2.05) is 54.8 Å². The van der Waals surface area contributed by atoms with E-state index >= 15 is 0 Å². The third-order valence-electron chi connectivity index (χ3n) is 6.34. The molecule has 4 aromatic rings. The second-order valence-electron chi connectivity index (χ2n) is 8.85. The Kier molecular flexibility index (Phi) is 6.79. The molecular formula is C30H25NO5S. The number of aromatic hydroxyl groups is 1. The number of carbonyl (C=O) groups is 2. The number of phenolic OH excluding ortho intramolecular Hbond substituents is 1. The van der Waals surface area contributed by atoms with E-state index in [1.165, 1.54) is 28.4 Å². The highest BCUT2D eigenvalue weighted by molar-refractivity contribution is 7.09. The van der Waals surface area contributed by atoms with Crippen molar-refractivity contribution in [1.82, 2.24) is 4.90 Å². The van der Waals surface area contributed by atoms with Crippen LogP contribution in [0.15, 0.2) is 95.9 Å². The first-order chi connectivity index (χ1) is 17.9. The number of aliphatic hydroxyl groups is 1. The minimum atomic E-state index is -0.794. The predicted octanol–water partition coefficient (Wildman–Crippen LogP) is 5.96. The van der Waals surface area contributed by atoms with Crippen molar-refractivity contribution in [3.05, 3.63) is 123 Å². The molecule has 1 aliphatic rings. The second-order valence-corrected chi connectivity index (χ2v) is 9.88. The quantitative estimate of drug-likeness (QED) is 0.182. The average molecular weight is 512 g/mol. The third kappa shape index (κ3) is 4.99. The number of nitrogens with zero attached hydrogens (tertiary/aromatic N) is 1. The van der Waals surface area contributed by atoms with Gasteiger partial charge in [-0.2, -0.15) is 0 Å². The SMILES string of the molecule is Cc1cc(/C(O)=C2/C(=O)C(=O)N(Cc3cccs3)C2c2ccc(O)cc2)ccc1OCc1ccccc1. The molecular weight excluding hydrogens is 486 g/mol. The number of ether oxygens (including phenoxy) is 1. The molecule has 1 aromatic heterocycles. The largest absolute Gasteiger partial charge is 0.508 e. The minimum Gasteiger partial charge on any atom is -0.508 e. The predicted molar refractivity (Wildman–Crippen MR) is 142 cm³/mol. The highest BCUT2D eigenvalue weighted by atomic mass is 32.1. The van der Waals surface area contributed by atoms with Crippen LogP contribution in [0.3, 0.4) is 0 Å². The summed E-state index contributed by atoms with van der Waals surface area (Å²) in [5.41, 5.74) is 2.88. The molecule has 2 N–H and O–H groups in total. The zero-order chi connectivity index (χ0) is 25.9. The zero-order valence-electron chi connectivity index (χ0n) is 20.1. The molecule has 1 aliphatic heterocycles. The fourth-order valence-electron chi connectivity index (χ4n) is 4.47. The summed E-state index contributed by atoms with van der Waals surface area (Å²) in [5.74, 6) is -0.932. The number of aliphatic hydroxyl groups excluding tert-OH is 1. The molecule has 0 bridgehead atoms. The Balaban J connectivity index is 1.51. The van der Waals surface area contributed by atoms with Crippen molar-refractivity contribution in [1.29, 1.82) is 0 Å². The van der Waals surface area contributed by atoms with E-state index in [4.69, 9.17) is 4.74 Å². The van der Waals surface area contributed by atoms with Gasteiger partial charge in [0.15, 0.2) is 0 Å². The van der Waals surface area contributed by atoms with E-state index in [-0.39, 0.29) is 23.6 Å². The number of benzene rings is 3. The average Bonchev–Trinajstić information content (AvgIpc) is 3.51. The Morgan fingerprint density at radius 2 is 1.73 bits per heavy atom. The lowest BCUT2D eigenvalue weighted by Crippen LogP contribution is -2.28. The molecule has 0 radical (unpaired) electrons. The Morgan fingerprint density at radius 1 is 0.973 bits per heavy atom. The number of ketones is 1. The first kappa shape index (κ1) is 24.3. The zero-order valence-corrected chi connectivity index (χ0v) is 20.9. The molecule has 1 amide bonds. The molecule has 1 saturated heterocycles. The van der Waals surface area contributed by atoms with Crippen LogP contribution < -0.4 is 4.74 Å². The maximum atomic E-state index is 13.2. The van der Waals surface area contributed by atoms with Crippen LogP contribution in [0.5, 0.6) is 11.5 Å². The van der Waals surface area contributed by atoms with E-state index in [0.717, 1.165) is 16.0 Å². The topological polar surface area (TPSA) is 87.1 Å². The number of rotatable bonds is 7. The number of amides is 1. The Morgan fingerprint density at radius 3 is 2.41 bits per heavy atom. The van der Waals surface area contributed by atoms with Crippen LogP contribution in [0, 0.1) is 6.92 Å². The lowest BCUT2D eigenvalue weighted by molar-refractivity contribution is -0.140. The third-order valence-corrected chi connectivity index (χ3v) is 7.20. The summed E-state index contributed by atoms with van der Waals surface area (Å²) < 4.78 is 5.95. The number of hydrogen-bond acceptors (Lipinski definition) is 6. The molecule has 7 heteroatoms. The van der Waals surface area contributed by atoms with Gasteiger partial charge in [0.25, 0.3) is 11.7 Å². The molecule has 1 unspecified atom stereocenters. The van der Waals surface area contributed by atoms with Gasteiger partial charge in [-0.25, -0.2) is 0 Å². The van der Waals surface area contributed by atoms with Crippen molar-refractivity contribution in [3.8, 4) is 11.5 Å². The number of aryl methyl sites for hydroxylation is 1. The summed E-state index contributed by atoms with van der Waals surface area (Å²) in [6.07, 6.45) is 0. The summed E-state index contributed by atoms with van der Waals surface area (Å²) in [6.45, 7) is 2.50. The lowest BCUT2D eigenvalue weighted by atomic mass is 9.94. The number of phenols is 1. The van der Waals surface area contributed by atoms with Crippen molar-refractivity contribution < 1.29 is 24.5 Å². The van der Waals surface area contributed by atoms with Gasteiger partial charge in [-0.15, -0.1) is 11.3 Å². The first-order valence-corrected chi connectivity index (χ1v) is 12.7. The molecule has 0 saturated carbocycles. The fourth-order valence-corrected chi connectivity index (χ4v) is 5.17. The Hall–Kier alpha value is -4.36. The monoisotopic (exact) mass is 511 g/mol. The molecule has 186 valence electrons. The number of hydrogen-bond donors (Lipinski definition) is 2. The van der Waals surface area contributed by atoms with Crippen LogP contribution in [0.25, 0.3) is 5.76 Å². The van der Waals surface area contributed by atoms with E-state index in [9.17, 15) is 19.8 Å². The Bertz CT molecular complexity index is 1460. The van der Waals surface area contributed by atoms with Gasteiger partial charge in [0.1, 0.15) is 23.9 Å². The van der Waals surface area contributed by atoms with Crippen LogP contribution >= 0.6 is 11.3 Å². The highest BCUT2D eigenvalue weighted by Gasteiger charge is 2.46. The lowest BCUT2D eigenvalue weighted by Gasteiger charge is -2.25. The summed E-state index contributed by atoms with van der Waals surface area (Å²) in [6, 6.07) is 24.3. The summed E-state index contributed by atoms with van der Waals surface area (Å²) in [7, 11) is 0. The molecule has 2 heterocycles. The van der Waals surface area contributed by atoms with Crippen molar-refractivity contribution in [3.63, 3.8) is 0 Å². The van der Waals surface area contributed by atoms with Gasteiger partial charge >= 0.3 is 0 Å². The fraction of sp³-hybridized carbons (Fsp3) is 0.133. The van der Waals surface area contributed by atoms with Crippen LogP contribution in [0.1, 0.15) is 33.2 Å². The smallest absolute Gasteiger partial charge is 0.295 e. The van der Waals surface area contributed by atoms with Crippen LogP contribution in [0.4, 0.5) is 0 Å². The number of Topliss-reactive ketones (excluding diaryl/α,β-unsaturated/α-hetero) is 1. The number of likely N-dealkylation sites (tertiary alicyclic amines) is 1. The molecule has 0 spiro atoms. The molecule has 1 fully saturated rings. The number of carbonyl (C=O) groups excluding carboxylic acids is 2. The van der Waals surface area contributed by atoms with Gasteiger partial charge in [0, 0.05) is 10.4 Å². The van der Waals surface area contributed by atoms with Crippen molar-refractivity contribution >= 4 is 28.8 Å². The van der Waals surface area contributed by atoms with Gasteiger partial charge in [-0.05, 0) is 65.4 Å². The van der Waals surface area contributed by atoms with Crippen molar-refractivity contribution in [2.45, 2.75) is 26.1 Å². The molecule has 37 heavy (non-hydrogen) atoms. The van der Waals surface area contributed by atoms with Gasteiger partial charge in [-0.3, -0.25) is 9.59 Å². The van der Waals surface area contributed by atoms with Gasteiger partial charge in [-0.1, -0.05) is 48.5 Å². The van der Waals surface area contributed by atoms with Crippen LogP contribution in [-0.2, 0) is 22.7 Å². The van der Waals surface area contributed by atoms with Crippen LogP contribution in [-0.4, -0.2) is 26.8 Å². The van der Waals surface area contributed by atoms with Crippen LogP contribution in [0.2, 0.25) is 0 Å². The second kappa shape index (κ2) is 10.3. The first-order valence-electron chi connectivity index (χ1n) is 11.8. The molecule has 5 rings (SSSR count). The van der Waals surface area contributed by atoms with Gasteiger partial charge < -0.3 is 19.8 Å². The summed E-state index contributed by atoms with van der Waals surface area (Å²) in [5, 5.41) is 23.0. The van der Waals surface area contributed by atoms with Gasteiger partial charge in [0.2, 0.25) is 0 Å². The summed E-state index contributed by atoms with van der Waals surface area (Å²) in [4.78, 5) is 28.8. The van der Waals surface area contributed by atoms with E-state index < -0.39 is 17.7 Å². The molecule has 1 atom stereocenters. The van der Waals surface area contributed by atoms with Crippen molar-refractivity contribution in [2.75, 3.05) is 0 Å². The maximum Gasteiger partial charge on any atom is 0.295 e. The standard InChI is InChI=1S/C30H25NO5S/c1-19-16-22(11-14-25(19)36-18-20-6-3-2-4-7-20)28(33)26-27(21-9-12-23(32)13-10-21)31(30(35)29(26)34)17-24-8-5-15-37-24/h2-16,27,32-33H,17-18H2,1H3/b28-26-. The molecule has 3 aromatic carbocycles. The normalized spacial score (nSPS) is 16.8. The number of thiophene rings is 1. The van der Waals surface area contributed by atoms with E-state index in [2.05, 4.69) is 0 Å². The van der Waals surface area contributed by atoms with E-state index in [0.29, 0.717) is 23.5 Å². The van der Waals surface area contributed by atoms with Gasteiger partial charge in [0.05, 0.1) is 18.2 Å². The molecule has 6 nitrogen and oxygen atoms in total. The molecule has 0 aliphatic carbocycles. The van der Waals surface area contributed by atoms with Crippen molar-refractivity contribution in [2.24, 2.45) is 0 Å².